The second kappa shape index (κ2) is 9.65. The summed E-state index contributed by atoms with van der Waals surface area (Å²) in [6, 6.07) is 1.87. The minimum absolute atomic E-state index is 0.132. The first-order valence-corrected chi connectivity index (χ1v) is 14.1. The standard InChI is InChI=1S/C26H31BN5O5S/c1-26(2,3)37-25(33)31-11-10-17(15-31)36-22-21-19-12-16(27-4)13-30-24(19)32(20(21)14-29-23(22)28)38(34,35)18-8-6-5-7-9-18/h6,8-9,12-14,17H,5,7,10-11,15H2,1-4H3,(H2,28,29). The van der Waals surface area contributed by atoms with Crippen LogP contribution in [0.15, 0.2) is 41.6 Å². The number of hydrogen-bond donors (Lipinski definition) is 1. The van der Waals surface area contributed by atoms with Crippen molar-refractivity contribution in [3.63, 3.8) is 0 Å². The van der Waals surface area contributed by atoms with E-state index in [9.17, 15) is 13.2 Å². The Morgan fingerprint density at radius 2 is 2.00 bits per heavy atom. The van der Waals surface area contributed by atoms with Crippen LogP contribution in [-0.4, -0.2) is 65.4 Å². The molecule has 199 valence electrons. The second-order valence-corrected chi connectivity index (χ2v) is 12.3. The summed E-state index contributed by atoms with van der Waals surface area (Å²) in [4.78, 5) is 23.2. The van der Waals surface area contributed by atoms with Crippen LogP contribution in [0.4, 0.5) is 10.6 Å². The molecule has 2 N–H and O–H groups in total. The molecule has 1 fully saturated rings. The van der Waals surface area contributed by atoms with Crippen LogP contribution in [0, 0.1) is 0 Å². The summed E-state index contributed by atoms with van der Waals surface area (Å²) in [6.07, 6.45) is 9.48. The van der Waals surface area contributed by atoms with E-state index in [1.807, 2.05) is 47.0 Å². The molecule has 0 aromatic carbocycles. The van der Waals surface area contributed by atoms with E-state index in [-0.39, 0.29) is 28.2 Å². The van der Waals surface area contributed by atoms with Crippen molar-refractivity contribution >= 4 is 56.6 Å². The van der Waals surface area contributed by atoms with Crippen LogP contribution in [0.2, 0.25) is 6.82 Å². The van der Waals surface area contributed by atoms with Gasteiger partial charge in [-0.3, -0.25) is 0 Å². The van der Waals surface area contributed by atoms with Crippen LogP contribution in [0.25, 0.3) is 21.9 Å². The number of rotatable bonds is 5. The van der Waals surface area contributed by atoms with Gasteiger partial charge in [0.15, 0.2) is 17.2 Å². The number of likely N-dealkylation sites (tertiary alicyclic amines) is 1. The zero-order chi connectivity index (χ0) is 27.2. The Bertz CT molecular complexity index is 1590. The Hall–Kier alpha value is -3.54. The van der Waals surface area contributed by atoms with Gasteiger partial charge in [0.05, 0.1) is 28.5 Å². The van der Waals surface area contributed by atoms with E-state index in [0.29, 0.717) is 42.2 Å². The van der Waals surface area contributed by atoms with Crippen LogP contribution in [0.1, 0.15) is 40.0 Å². The molecular formula is C26H31BN5O5S. The van der Waals surface area contributed by atoms with E-state index >= 15 is 0 Å². The van der Waals surface area contributed by atoms with Gasteiger partial charge in [-0.1, -0.05) is 30.5 Å². The average molecular weight is 536 g/mol. The zero-order valence-corrected chi connectivity index (χ0v) is 22.8. The summed E-state index contributed by atoms with van der Waals surface area (Å²) in [6.45, 7) is 8.12. The molecule has 1 saturated heterocycles. The van der Waals surface area contributed by atoms with Crippen molar-refractivity contribution in [2.75, 3.05) is 18.8 Å². The Kier molecular flexibility index (Phi) is 6.62. The number of hydrogen-bond acceptors (Lipinski definition) is 8. The summed E-state index contributed by atoms with van der Waals surface area (Å²) in [7, 11) is -2.09. The number of anilines is 1. The number of pyridine rings is 2. The third kappa shape index (κ3) is 4.73. The molecule has 1 aliphatic carbocycles. The predicted molar refractivity (Wildman–Crippen MR) is 148 cm³/mol. The predicted octanol–water partition coefficient (Wildman–Crippen LogP) is 3.34. The highest BCUT2D eigenvalue weighted by Crippen LogP contribution is 2.40. The van der Waals surface area contributed by atoms with E-state index in [2.05, 4.69) is 9.97 Å². The number of nitrogen functional groups attached to an aromatic ring is 1. The maximum absolute atomic E-state index is 13.8. The van der Waals surface area contributed by atoms with Crippen LogP contribution in [-0.2, 0) is 14.8 Å². The number of fused-ring (bicyclic) bond motifs is 3. The third-order valence-electron chi connectivity index (χ3n) is 6.52. The van der Waals surface area contributed by atoms with Crippen molar-refractivity contribution in [3.05, 3.63) is 41.6 Å². The molecule has 5 rings (SSSR count). The molecule has 3 aromatic rings. The van der Waals surface area contributed by atoms with Gasteiger partial charge < -0.3 is 20.1 Å². The lowest BCUT2D eigenvalue weighted by atomic mass is 9.74. The van der Waals surface area contributed by atoms with Gasteiger partial charge in [0.1, 0.15) is 19.0 Å². The molecule has 0 bridgehead atoms. The quantitative estimate of drug-likeness (QED) is 0.492. The number of ether oxygens (including phenoxy) is 2. The molecule has 3 aromatic heterocycles. The fourth-order valence-electron chi connectivity index (χ4n) is 4.74. The number of aromatic nitrogens is 3. The van der Waals surface area contributed by atoms with E-state index in [4.69, 9.17) is 15.2 Å². The van der Waals surface area contributed by atoms with Crippen molar-refractivity contribution in [2.45, 2.75) is 58.6 Å². The summed E-state index contributed by atoms with van der Waals surface area (Å²) < 4.78 is 40.8. The molecule has 38 heavy (non-hydrogen) atoms. The molecule has 1 amide bonds. The number of allylic oxidation sites excluding steroid dienone is 3. The van der Waals surface area contributed by atoms with Gasteiger partial charge in [-0.25, -0.2) is 27.2 Å². The molecule has 0 spiro atoms. The Balaban J connectivity index is 1.61. The van der Waals surface area contributed by atoms with Crippen LogP contribution < -0.4 is 15.9 Å². The number of amides is 1. The molecule has 0 saturated carbocycles. The molecular weight excluding hydrogens is 505 g/mol. The van der Waals surface area contributed by atoms with Gasteiger partial charge in [0, 0.05) is 24.5 Å². The maximum atomic E-state index is 13.8. The molecule has 1 aliphatic heterocycles. The minimum atomic E-state index is -3.97. The zero-order valence-electron chi connectivity index (χ0n) is 22.0. The maximum Gasteiger partial charge on any atom is 0.410 e. The monoisotopic (exact) mass is 536 g/mol. The number of carbonyl (C=O) groups excluding carboxylic acids is 1. The van der Waals surface area contributed by atoms with Gasteiger partial charge >= 0.3 is 6.09 Å². The number of nitrogens with zero attached hydrogens (tertiary/aromatic N) is 4. The highest BCUT2D eigenvalue weighted by molar-refractivity contribution is 7.94. The average Bonchev–Trinajstić information content (AvgIpc) is 3.48. The summed E-state index contributed by atoms with van der Waals surface area (Å²) >= 11 is 0. The lowest BCUT2D eigenvalue weighted by Crippen LogP contribution is -2.36. The number of nitrogens with two attached hydrogens (primary N) is 1. The molecule has 4 heterocycles. The van der Waals surface area contributed by atoms with Crippen LogP contribution in [0.5, 0.6) is 5.75 Å². The minimum Gasteiger partial charge on any atom is -0.484 e. The van der Waals surface area contributed by atoms with Gasteiger partial charge in [-0.15, -0.1) is 0 Å². The summed E-state index contributed by atoms with van der Waals surface area (Å²) in [5.74, 6) is 0.410. The summed E-state index contributed by atoms with van der Waals surface area (Å²) in [5, 5.41) is 1.11. The van der Waals surface area contributed by atoms with E-state index in [1.54, 1.807) is 23.2 Å². The third-order valence-corrected chi connectivity index (χ3v) is 8.27. The van der Waals surface area contributed by atoms with E-state index < -0.39 is 21.7 Å². The van der Waals surface area contributed by atoms with Gasteiger partial charge in [-0.2, -0.15) is 0 Å². The molecule has 2 aliphatic rings. The topological polar surface area (TPSA) is 130 Å². The fraction of sp³-hybridized carbons (Fsp3) is 0.423. The molecule has 12 heteroatoms. The SMILES string of the molecule is C[B]c1cnc2c(c1)c1c(OC3CCN(C(=O)OC(C)(C)C)C3)c(N)ncc1n2S(=O)(=O)C1=CCCC=C1. The van der Waals surface area contributed by atoms with Crippen LogP contribution >= 0.6 is 0 Å². The van der Waals surface area contributed by atoms with Gasteiger partial charge in [-0.05, 0) is 39.7 Å². The first kappa shape index (κ1) is 26.1. The van der Waals surface area contributed by atoms with Gasteiger partial charge in [0.25, 0.3) is 10.0 Å². The molecule has 1 unspecified atom stereocenters. The normalized spacial score (nSPS) is 18.2. The Morgan fingerprint density at radius 1 is 1.21 bits per heavy atom. The van der Waals surface area contributed by atoms with Crippen LogP contribution in [0.3, 0.4) is 0 Å². The largest absolute Gasteiger partial charge is 0.484 e. The van der Waals surface area contributed by atoms with E-state index in [0.717, 1.165) is 11.9 Å². The highest BCUT2D eigenvalue weighted by atomic mass is 32.2. The highest BCUT2D eigenvalue weighted by Gasteiger charge is 2.33. The first-order chi connectivity index (χ1) is 18.0. The Labute approximate surface area is 222 Å². The van der Waals surface area contributed by atoms with E-state index in [1.165, 1.54) is 10.2 Å². The van der Waals surface area contributed by atoms with Crippen molar-refractivity contribution < 1.29 is 22.7 Å². The fourth-order valence-corrected chi connectivity index (χ4v) is 6.31. The first-order valence-electron chi connectivity index (χ1n) is 12.6. The summed E-state index contributed by atoms with van der Waals surface area (Å²) in [5.41, 5.74) is 7.13. The second-order valence-electron chi connectivity index (χ2n) is 10.5. The van der Waals surface area contributed by atoms with Gasteiger partial charge in [0.2, 0.25) is 0 Å². The van der Waals surface area contributed by atoms with Crippen molar-refractivity contribution in [3.8, 4) is 5.75 Å². The lowest BCUT2D eigenvalue weighted by molar-refractivity contribution is 0.0276. The molecule has 10 nitrogen and oxygen atoms in total. The van der Waals surface area contributed by atoms with Crippen molar-refractivity contribution in [1.82, 2.24) is 18.8 Å². The lowest BCUT2D eigenvalue weighted by Gasteiger charge is -2.24. The smallest absolute Gasteiger partial charge is 0.410 e. The number of carbonyl (C=O) groups is 1. The van der Waals surface area contributed by atoms with Crippen molar-refractivity contribution in [2.24, 2.45) is 0 Å². The molecule has 1 radical (unpaired) electrons. The van der Waals surface area contributed by atoms with Crippen molar-refractivity contribution in [1.29, 1.82) is 0 Å². The Morgan fingerprint density at radius 3 is 2.68 bits per heavy atom. The molecule has 1 atom stereocenters.